The Balaban J connectivity index is 0.00000243. The van der Waals surface area contributed by atoms with Crippen LogP contribution in [0.1, 0.15) is 22.1 Å². The molecule has 0 aliphatic rings. The number of rotatable bonds is 7. The molecule has 140 valence electrons. The van der Waals surface area contributed by atoms with Crippen LogP contribution in [0.5, 0.6) is 0 Å². The first-order chi connectivity index (χ1) is 12.3. The summed E-state index contributed by atoms with van der Waals surface area (Å²) in [5, 5.41) is 16.2. The van der Waals surface area contributed by atoms with Gasteiger partial charge in [-0.05, 0) is 25.5 Å². The monoisotopic (exact) mass is 485 g/mol. The number of guanidine groups is 1. The van der Waals surface area contributed by atoms with Gasteiger partial charge in [-0.15, -0.1) is 45.5 Å². The lowest BCUT2D eigenvalue weighted by Crippen LogP contribution is -2.38. The van der Waals surface area contributed by atoms with Gasteiger partial charge in [0.25, 0.3) is 0 Å². The maximum absolute atomic E-state index is 4.37. The third-order valence-electron chi connectivity index (χ3n) is 3.78. The van der Waals surface area contributed by atoms with Gasteiger partial charge < -0.3 is 10.6 Å². The van der Waals surface area contributed by atoms with Crippen LogP contribution in [-0.2, 0) is 12.8 Å². The molecule has 0 amide bonds. The van der Waals surface area contributed by atoms with E-state index in [2.05, 4.69) is 37.7 Å². The molecule has 0 bridgehead atoms. The van der Waals surface area contributed by atoms with E-state index in [1.54, 1.807) is 18.4 Å². The number of aliphatic imine (C=N–C) groups is 1. The molecule has 7 nitrogen and oxygen atoms in total. The lowest BCUT2D eigenvalue weighted by molar-refractivity contribution is 0.712. The summed E-state index contributed by atoms with van der Waals surface area (Å²) in [6, 6.07) is 5.93. The van der Waals surface area contributed by atoms with Crippen LogP contribution >= 0.6 is 35.3 Å². The number of thiazole rings is 1. The van der Waals surface area contributed by atoms with E-state index in [0.717, 1.165) is 54.8 Å². The molecule has 0 aromatic carbocycles. The smallest absolute Gasteiger partial charge is 0.190 e. The van der Waals surface area contributed by atoms with Crippen LogP contribution in [0.15, 0.2) is 35.6 Å². The van der Waals surface area contributed by atoms with Crippen molar-refractivity contribution in [1.29, 1.82) is 0 Å². The number of aromatic nitrogens is 4. The standard InChI is InChI=1S/C17H23N7S.HI/c1-13-12-21-16(25-13)8-10-20-17(18-2)19-9-5-7-15-23-22-14-6-3-4-11-24(14)15;/h3-4,6,11-12H,5,7-10H2,1-2H3,(H2,18,19,20);1H. The Morgan fingerprint density at radius 3 is 2.81 bits per heavy atom. The van der Waals surface area contributed by atoms with Crippen LogP contribution < -0.4 is 10.6 Å². The molecule has 2 N–H and O–H groups in total. The Morgan fingerprint density at radius 1 is 1.19 bits per heavy atom. The van der Waals surface area contributed by atoms with E-state index in [1.807, 2.05) is 35.0 Å². The minimum atomic E-state index is 0. The molecule has 0 fully saturated rings. The van der Waals surface area contributed by atoms with Crippen molar-refractivity contribution in [2.75, 3.05) is 20.1 Å². The predicted molar refractivity (Wildman–Crippen MR) is 117 cm³/mol. The highest BCUT2D eigenvalue weighted by Gasteiger charge is 2.05. The van der Waals surface area contributed by atoms with Crippen LogP contribution in [-0.4, -0.2) is 45.7 Å². The number of nitrogens with zero attached hydrogens (tertiary/aromatic N) is 5. The summed E-state index contributed by atoms with van der Waals surface area (Å²) >= 11 is 1.74. The minimum Gasteiger partial charge on any atom is -0.356 e. The largest absolute Gasteiger partial charge is 0.356 e. The lowest BCUT2D eigenvalue weighted by Gasteiger charge is -2.11. The summed E-state index contributed by atoms with van der Waals surface area (Å²) < 4.78 is 2.03. The normalized spacial score (nSPS) is 11.4. The summed E-state index contributed by atoms with van der Waals surface area (Å²) in [5.41, 5.74) is 0.889. The Hall–Kier alpha value is -1.75. The second kappa shape index (κ2) is 10.4. The topological polar surface area (TPSA) is 79.5 Å². The molecule has 0 aliphatic carbocycles. The van der Waals surface area contributed by atoms with Crippen LogP contribution in [0, 0.1) is 6.92 Å². The first-order valence-corrected chi connectivity index (χ1v) is 9.22. The van der Waals surface area contributed by atoms with Crippen molar-refractivity contribution in [3.05, 3.63) is 46.3 Å². The molecule has 3 aromatic rings. The fourth-order valence-corrected chi connectivity index (χ4v) is 3.33. The molecule has 0 unspecified atom stereocenters. The zero-order valence-corrected chi connectivity index (χ0v) is 18.1. The molecular weight excluding hydrogens is 461 g/mol. The van der Waals surface area contributed by atoms with Gasteiger partial charge >= 0.3 is 0 Å². The Kier molecular flexibility index (Phi) is 8.23. The van der Waals surface area contributed by atoms with Crippen LogP contribution in [0.4, 0.5) is 0 Å². The fourth-order valence-electron chi connectivity index (χ4n) is 2.54. The number of pyridine rings is 1. The Labute approximate surface area is 174 Å². The highest BCUT2D eigenvalue weighted by molar-refractivity contribution is 14.0. The van der Waals surface area contributed by atoms with Crippen molar-refractivity contribution in [1.82, 2.24) is 30.2 Å². The molecular formula is C17H24IN7S. The molecule has 0 aliphatic heterocycles. The number of fused-ring (bicyclic) bond motifs is 1. The number of hydrogen-bond donors (Lipinski definition) is 2. The minimum absolute atomic E-state index is 0. The highest BCUT2D eigenvalue weighted by atomic mass is 127. The van der Waals surface area contributed by atoms with Crippen molar-refractivity contribution in [2.45, 2.75) is 26.2 Å². The molecule has 0 radical (unpaired) electrons. The Morgan fingerprint density at radius 2 is 2.04 bits per heavy atom. The second-order valence-electron chi connectivity index (χ2n) is 5.69. The Bertz CT molecular complexity index is 842. The van der Waals surface area contributed by atoms with Crippen LogP contribution in [0.2, 0.25) is 0 Å². The van der Waals surface area contributed by atoms with Gasteiger partial charge in [0, 0.05) is 50.2 Å². The SMILES string of the molecule is CN=C(NCCCc1nnc2ccccn12)NCCc1ncc(C)s1.I. The van der Waals surface area contributed by atoms with Gasteiger partial charge in [0.15, 0.2) is 11.6 Å². The van der Waals surface area contributed by atoms with Gasteiger partial charge in [-0.3, -0.25) is 9.39 Å². The molecule has 0 atom stereocenters. The molecule has 3 aromatic heterocycles. The van der Waals surface area contributed by atoms with E-state index < -0.39 is 0 Å². The molecule has 9 heteroatoms. The number of nitrogens with one attached hydrogen (secondary N) is 2. The molecule has 3 heterocycles. The number of halogens is 1. The molecule has 0 saturated heterocycles. The third-order valence-corrected chi connectivity index (χ3v) is 4.75. The average Bonchev–Trinajstić information content (AvgIpc) is 3.23. The maximum Gasteiger partial charge on any atom is 0.190 e. The molecule has 26 heavy (non-hydrogen) atoms. The first-order valence-electron chi connectivity index (χ1n) is 8.41. The summed E-state index contributed by atoms with van der Waals surface area (Å²) in [6.07, 6.45) is 6.65. The van der Waals surface area contributed by atoms with Gasteiger partial charge in [0.1, 0.15) is 5.82 Å². The fraction of sp³-hybridized carbons (Fsp3) is 0.412. The van der Waals surface area contributed by atoms with Crippen molar-refractivity contribution >= 4 is 46.9 Å². The lowest BCUT2D eigenvalue weighted by atomic mass is 10.3. The highest BCUT2D eigenvalue weighted by Crippen LogP contribution is 2.10. The van der Waals surface area contributed by atoms with E-state index in [9.17, 15) is 0 Å². The van der Waals surface area contributed by atoms with Gasteiger partial charge in [-0.1, -0.05) is 6.07 Å². The molecule has 0 spiro atoms. The number of hydrogen-bond acceptors (Lipinski definition) is 5. The van der Waals surface area contributed by atoms with E-state index in [1.165, 1.54) is 4.88 Å². The van der Waals surface area contributed by atoms with E-state index in [-0.39, 0.29) is 24.0 Å². The zero-order valence-electron chi connectivity index (χ0n) is 15.0. The number of aryl methyl sites for hydroxylation is 2. The van der Waals surface area contributed by atoms with E-state index in [0.29, 0.717) is 0 Å². The van der Waals surface area contributed by atoms with Gasteiger partial charge in [0.2, 0.25) is 0 Å². The third kappa shape index (κ3) is 5.63. The molecule has 3 rings (SSSR count). The van der Waals surface area contributed by atoms with Crippen LogP contribution in [0.25, 0.3) is 5.65 Å². The van der Waals surface area contributed by atoms with Gasteiger partial charge in [0.05, 0.1) is 5.01 Å². The molecule has 0 saturated carbocycles. The summed E-state index contributed by atoms with van der Waals surface area (Å²) in [5.74, 6) is 1.80. The van der Waals surface area contributed by atoms with E-state index >= 15 is 0 Å². The van der Waals surface area contributed by atoms with Crippen molar-refractivity contribution in [3.8, 4) is 0 Å². The first kappa shape index (κ1) is 20.6. The van der Waals surface area contributed by atoms with E-state index in [4.69, 9.17) is 0 Å². The van der Waals surface area contributed by atoms with Crippen molar-refractivity contribution in [2.24, 2.45) is 4.99 Å². The summed E-state index contributed by atoms with van der Waals surface area (Å²) in [7, 11) is 1.79. The van der Waals surface area contributed by atoms with Crippen molar-refractivity contribution in [3.63, 3.8) is 0 Å². The summed E-state index contributed by atoms with van der Waals surface area (Å²) in [6.45, 7) is 3.73. The van der Waals surface area contributed by atoms with Crippen molar-refractivity contribution < 1.29 is 0 Å². The average molecular weight is 485 g/mol. The zero-order chi connectivity index (χ0) is 17.5. The second-order valence-corrected chi connectivity index (χ2v) is 7.01. The summed E-state index contributed by atoms with van der Waals surface area (Å²) in [4.78, 5) is 9.87. The van der Waals surface area contributed by atoms with Gasteiger partial charge in [-0.2, -0.15) is 0 Å². The quantitative estimate of drug-likeness (QED) is 0.233. The van der Waals surface area contributed by atoms with Crippen LogP contribution in [0.3, 0.4) is 0 Å². The maximum atomic E-state index is 4.37. The van der Waals surface area contributed by atoms with Gasteiger partial charge in [-0.25, -0.2) is 4.98 Å². The predicted octanol–water partition coefficient (Wildman–Crippen LogP) is 2.45.